The van der Waals surface area contributed by atoms with Crippen LogP contribution in [0.2, 0.25) is 0 Å². The summed E-state index contributed by atoms with van der Waals surface area (Å²) < 4.78 is 11.4. The first-order valence-electron chi connectivity index (χ1n) is 10.7. The van der Waals surface area contributed by atoms with Crippen molar-refractivity contribution in [3.8, 4) is 5.75 Å². The SMILES string of the molecule is COc1cccc2cc(CN(C)Cc3ccc([C@H]4CN(C(C)=O)C[C@@H]4C(N)=O)cc3)oc12. The molecule has 7 heteroatoms. The largest absolute Gasteiger partial charge is 0.493 e. The van der Waals surface area contributed by atoms with Crippen LogP contribution in [0.3, 0.4) is 0 Å². The van der Waals surface area contributed by atoms with E-state index >= 15 is 0 Å². The van der Waals surface area contributed by atoms with E-state index in [1.807, 2.05) is 43.4 Å². The fraction of sp³-hybridized carbons (Fsp3) is 0.360. The maximum Gasteiger partial charge on any atom is 0.223 e. The average Bonchev–Trinajstić information content (AvgIpc) is 3.38. The summed E-state index contributed by atoms with van der Waals surface area (Å²) in [5.41, 5.74) is 8.56. The second-order valence-corrected chi connectivity index (χ2v) is 8.54. The van der Waals surface area contributed by atoms with Crippen molar-refractivity contribution in [2.45, 2.75) is 25.9 Å². The van der Waals surface area contributed by atoms with Crippen molar-refractivity contribution < 1.29 is 18.7 Å². The minimum atomic E-state index is -0.356. The number of likely N-dealkylation sites (tertiary alicyclic amines) is 1. The van der Waals surface area contributed by atoms with E-state index in [0.717, 1.165) is 40.2 Å². The highest BCUT2D eigenvalue weighted by Gasteiger charge is 2.38. The molecule has 0 saturated carbocycles. The van der Waals surface area contributed by atoms with Crippen molar-refractivity contribution in [3.63, 3.8) is 0 Å². The van der Waals surface area contributed by atoms with E-state index in [0.29, 0.717) is 19.6 Å². The molecule has 2 heterocycles. The van der Waals surface area contributed by atoms with Crippen molar-refractivity contribution in [3.05, 3.63) is 65.4 Å². The van der Waals surface area contributed by atoms with Crippen molar-refractivity contribution in [1.82, 2.24) is 9.80 Å². The lowest BCUT2D eigenvalue weighted by Crippen LogP contribution is -2.30. The summed E-state index contributed by atoms with van der Waals surface area (Å²) in [4.78, 5) is 27.5. The van der Waals surface area contributed by atoms with Gasteiger partial charge in [-0.15, -0.1) is 0 Å². The lowest BCUT2D eigenvalue weighted by atomic mass is 9.88. The van der Waals surface area contributed by atoms with Crippen LogP contribution in [0.25, 0.3) is 11.0 Å². The van der Waals surface area contributed by atoms with Crippen molar-refractivity contribution in [2.24, 2.45) is 11.7 Å². The number of ether oxygens (including phenoxy) is 1. The monoisotopic (exact) mass is 435 g/mol. The number of hydrogen-bond donors (Lipinski definition) is 1. The molecule has 2 N–H and O–H groups in total. The first-order chi connectivity index (χ1) is 15.4. The minimum Gasteiger partial charge on any atom is -0.493 e. The van der Waals surface area contributed by atoms with Gasteiger partial charge in [0.2, 0.25) is 11.8 Å². The lowest BCUT2D eigenvalue weighted by Gasteiger charge is -2.18. The fourth-order valence-electron chi connectivity index (χ4n) is 4.52. The number of furan rings is 1. The summed E-state index contributed by atoms with van der Waals surface area (Å²) in [6.45, 7) is 3.86. The van der Waals surface area contributed by atoms with Gasteiger partial charge in [0, 0.05) is 37.9 Å². The van der Waals surface area contributed by atoms with E-state index in [1.165, 1.54) is 6.92 Å². The van der Waals surface area contributed by atoms with Gasteiger partial charge in [-0.2, -0.15) is 0 Å². The van der Waals surface area contributed by atoms with Crippen LogP contribution in [0.15, 0.2) is 52.9 Å². The van der Waals surface area contributed by atoms with Crippen molar-refractivity contribution in [2.75, 3.05) is 27.2 Å². The summed E-state index contributed by atoms with van der Waals surface area (Å²) in [6, 6.07) is 16.1. The number of fused-ring (bicyclic) bond motifs is 1. The number of carbonyl (C=O) groups is 2. The summed E-state index contributed by atoms with van der Waals surface area (Å²) in [5.74, 6) is 0.816. The number of methoxy groups -OCH3 is 1. The Bertz CT molecular complexity index is 1120. The van der Waals surface area contributed by atoms with Crippen LogP contribution < -0.4 is 10.5 Å². The van der Waals surface area contributed by atoms with E-state index in [9.17, 15) is 9.59 Å². The molecule has 0 radical (unpaired) electrons. The van der Waals surface area contributed by atoms with Gasteiger partial charge in [-0.1, -0.05) is 36.4 Å². The molecule has 0 unspecified atom stereocenters. The number of amides is 2. The molecule has 1 aromatic heterocycles. The summed E-state index contributed by atoms with van der Waals surface area (Å²) >= 11 is 0. The molecule has 3 aromatic rings. The summed E-state index contributed by atoms with van der Waals surface area (Å²) in [6.07, 6.45) is 0. The second-order valence-electron chi connectivity index (χ2n) is 8.54. The molecule has 168 valence electrons. The maximum absolute atomic E-state index is 11.9. The zero-order chi connectivity index (χ0) is 22.8. The number of nitrogens with two attached hydrogens (primary N) is 1. The van der Waals surface area contributed by atoms with Crippen molar-refractivity contribution >= 4 is 22.8 Å². The molecular weight excluding hydrogens is 406 g/mol. The van der Waals surface area contributed by atoms with Gasteiger partial charge >= 0.3 is 0 Å². The predicted octanol–water partition coefficient (Wildman–Crippen LogP) is 3.12. The van der Waals surface area contributed by atoms with Crippen LogP contribution >= 0.6 is 0 Å². The van der Waals surface area contributed by atoms with Gasteiger partial charge in [-0.3, -0.25) is 14.5 Å². The van der Waals surface area contributed by atoms with Crippen LogP contribution in [0.4, 0.5) is 0 Å². The molecule has 4 rings (SSSR count). The molecule has 32 heavy (non-hydrogen) atoms. The Labute approximate surface area is 187 Å². The molecule has 7 nitrogen and oxygen atoms in total. The number of rotatable bonds is 7. The maximum atomic E-state index is 11.9. The van der Waals surface area contributed by atoms with Crippen LogP contribution in [0, 0.1) is 5.92 Å². The number of carbonyl (C=O) groups excluding carboxylic acids is 2. The Morgan fingerprint density at radius 3 is 2.56 bits per heavy atom. The van der Waals surface area contributed by atoms with E-state index < -0.39 is 0 Å². The zero-order valence-electron chi connectivity index (χ0n) is 18.7. The Hall–Kier alpha value is -3.32. The van der Waals surface area contributed by atoms with Gasteiger partial charge < -0.3 is 19.8 Å². The van der Waals surface area contributed by atoms with Crippen LogP contribution in [0.1, 0.15) is 29.7 Å². The van der Waals surface area contributed by atoms with E-state index in [2.05, 4.69) is 17.0 Å². The molecular formula is C25H29N3O4. The Kier molecular flexibility index (Phi) is 6.19. The van der Waals surface area contributed by atoms with Gasteiger partial charge in [0.1, 0.15) is 5.76 Å². The summed E-state index contributed by atoms with van der Waals surface area (Å²) in [7, 11) is 3.69. The Balaban J connectivity index is 1.42. The molecule has 2 aromatic carbocycles. The highest BCUT2D eigenvalue weighted by molar-refractivity contribution is 5.83. The van der Waals surface area contributed by atoms with Gasteiger partial charge in [0.25, 0.3) is 0 Å². The lowest BCUT2D eigenvalue weighted by molar-refractivity contribution is -0.128. The molecule has 1 aliphatic rings. The Morgan fingerprint density at radius 2 is 1.91 bits per heavy atom. The van der Waals surface area contributed by atoms with Gasteiger partial charge in [-0.05, 0) is 30.3 Å². The quantitative estimate of drug-likeness (QED) is 0.616. The molecule has 2 atom stereocenters. The fourth-order valence-corrected chi connectivity index (χ4v) is 4.52. The summed E-state index contributed by atoms with van der Waals surface area (Å²) in [5, 5.41) is 1.03. The van der Waals surface area contributed by atoms with E-state index in [-0.39, 0.29) is 23.7 Å². The van der Waals surface area contributed by atoms with Crippen molar-refractivity contribution in [1.29, 1.82) is 0 Å². The topological polar surface area (TPSA) is 89.0 Å². The predicted molar refractivity (Wildman–Crippen MR) is 122 cm³/mol. The molecule has 0 bridgehead atoms. The first-order valence-corrected chi connectivity index (χ1v) is 10.7. The zero-order valence-corrected chi connectivity index (χ0v) is 18.7. The average molecular weight is 436 g/mol. The molecule has 0 aliphatic carbocycles. The number of primary amides is 1. The molecule has 0 spiro atoms. The molecule has 1 saturated heterocycles. The molecule has 2 amide bonds. The number of nitrogens with zero attached hydrogens (tertiary/aromatic N) is 2. The third-order valence-electron chi connectivity index (χ3n) is 6.20. The highest BCUT2D eigenvalue weighted by Crippen LogP contribution is 2.33. The number of benzene rings is 2. The Morgan fingerprint density at radius 1 is 1.16 bits per heavy atom. The highest BCUT2D eigenvalue weighted by atomic mass is 16.5. The van der Waals surface area contributed by atoms with Gasteiger partial charge in [0.05, 0.1) is 19.6 Å². The van der Waals surface area contributed by atoms with E-state index in [4.69, 9.17) is 14.9 Å². The first kappa shape index (κ1) is 21.9. The van der Waals surface area contributed by atoms with E-state index in [1.54, 1.807) is 12.0 Å². The van der Waals surface area contributed by atoms with Crippen LogP contribution in [-0.4, -0.2) is 48.9 Å². The third-order valence-corrected chi connectivity index (χ3v) is 6.20. The number of hydrogen-bond acceptors (Lipinski definition) is 5. The third kappa shape index (κ3) is 4.48. The van der Waals surface area contributed by atoms with Crippen LogP contribution in [0.5, 0.6) is 5.75 Å². The van der Waals surface area contributed by atoms with Crippen LogP contribution in [-0.2, 0) is 22.7 Å². The minimum absolute atomic E-state index is 0.0276. The normalized spacial score (nSPS) is 18.4. The molecule has 1 fully saturated rings. The smallest absolute Gasteiger partial charge is 0.223 e. The second kappa shape index (κ2) is 9.04. The van der Waals surface area contributed by atoms with Gasteiger partial charge in [-0.25, -0.2) is 0 Å². The standard InChI is InChI=1S/C25H29N3O4/c1-16(29)28-14-21(22(15-28)25(26)30)18-9-7-17(8-10-18)12-27(2)13-20-11-19-5-4-6-23(31-3)24(19)32-20/h4-11,21-22H,12-15H2,1-3H3,(H2,26,30)/t21-,22+/m1/s1. The molecule has 1 aliphatic heterocycles. The number of para-hydroxylation sites is 1. The van der Waals surface area contributed by atoms with Gasteiger partial charge in [0.15, 0.2) is 11.3 Å².